The fourth-order valence-electron chi connectivity index (χ4n) is 4.95. The fraction of sp³-hybridized carbons (Fsp3) is 0.600. The maximum atomic E-state index is 4.45. The van der Waals surface area contributed by atoms with Crippen LogP contribution < -0.4 is 0 Å². The van der Waals surface area contributed by atoms with E-state index in [0.717, 1.165) is 24.2 Å². The third-order valence-electron chi connectivity index (χ3n) is 7.62. The SMILES string of the molecule is C=C/C(C)=C/[PH](C)(CC)CC(CC[C@H](C)CC(=C)c1ccc(C)cc1C)C(C)C(C)C. The summed E-state index contributed by atoms with van der Waals surface area (Å²) in [6.45, 7) is 29.7. The zero-order valence-electron chi connectivity index (χ0n) is 22.1. The number of aryl methyl sites for hydroxylation is 2. The molecule has 0 saturated heterocycles. The summed E-state index contributed by atoms with van der Waals surface area (Å²) in [5, 5.41) is 0. The second kappa shape index (κ2) is 12.8. The molecule has 1 rings (SSSR count). The minimum atomic E-state index is -1.40. The van der Waals surface area contributed by atoms with E-state index in [2.05, 4.69) is 99.2 Å². The van der Waals surface area contributed by atoms with Crippen LogP contribution in [0, 0.1) is 37.5 Å². The normalized spacial score (nSPS) is 16.1. The molecule has 31 heavy (non-hydrogen) atoms. The molecule has 1 aromatic rings. The van der Waals surface area contributed by atoms with Crippen LogP contribution in [0.15, 0.2) is 48.8 Å². The summed E-state index contributed by atoms with van der Waals surface area (Å²) in [6, 6.07) is 6.75. The molecule has 0 heterocycles. The van der Waals surface area contributed by atoms with Crippen molar-refractivity contribution in [1.82, 2.24) is 0 Å². The first kappa shape index (κ1) is 27.9. The minimum absolute atomic E-state index is 0.676. The van der Waals surface area contributed by atoms with Crippen LogP contribution in [0.3, 0.4) is 0 Å². The average Bonchev–Trinajstić information content (AvgIpc) is 2.70. The van der Waals surface area contributed by atoms with E-state index in [1.54, 1.807) is 0 Å². The zero-order chi connectivity index (χ0) is 23.8. The third kappa shape index (κ3) is 9.10. The average molecular weight is 443 g/mol. The Morgan fingerprint density at radius 3 is 2.26 bits per heavy atom. The van der Waals surface area contributed by atoms with Crippen molar-refractivity contribution in [1.29, 1.82) is 0 Å². The number of hydrogen-bond acceptors (Lipinski definition) is 0. The van der Waals surface area contributed by atoms with Crippen molar-refractivity contribution in [2.24, 2.45) is 23.7 Å². The van der Waals surface area contributed by atoms with Crippen LogP contribution in [0.2, 0.25) is 0 Å². The van der Waals surface area contributed by atoms with Crippen LogP contribution in [-0.2, 0) is 0 Å². The zero-order valence-corrected chi connectivity index (χ0v) is 23.1. The van der Waals surface area contributed by atoms with Crippen molar-refractivity contribution in [2.75, 3.05) is 19.0 Å². The third-order valence-corrected chi connectivity index (χ3v) is 11.8. The van der Waals surface area contributed by atoms with E-state index in [1.165, 1.54) is 53.0 Å². The molecule has 0 fully saturated rings. The van der Waals surface area contributed by atoms with Crippen LogP contribution in [0.4, 0.5) is 0 Å². The van der Waals surface area contributed by atoms with Crippen molar-refractivity contribution >= 4 is 12.8 Å². The molecule has 0 aromatic heterocycles. The van der Waals surface area contributed by atoms with E-state index in [0.29, 0.717) is 5.92 Å². The van der Waals surface area contributed by atoms with Crippen LogP contribution in [0.25, 0.3) is 5.57 Å². The Labute approximate surface area is 195 Å². The Morgan fingerprint density at radius 2 is 1.74 bits per heavy atom. The van der Waals surface area contributed by atoms with Gasteiger partial charge in [0.15, 0.2) is 0 Å². The first-order valence-corrected chi connectivity index (χ1v) is 15.5. The second-order valence-electron chi connectivity index (χ2n) is 11.0. The van der Waals surface area contributed by atoms with Gasteiger partial charge < -0.3 is 0 Å². The van der Waals surface area contributed by atoms with Crippen molar-refractivity contribution in [3.8, 4) is 0 Å². The Kier molecular flexibility index (Phi) is 11.5. The van der Waals surface area contributed by atoms with Crippen molar-refractivity contribution < 1.29 is 0 Å². The van der Waals surface area contributed by atoms with E-state index < -0.39 is 7.26 Å². The molecule has 3 atom stereocenters. The van der Waals surface area contributed by atoms with Gasteiger partial charge in [0.05, 0.1) is 0 Å². The van der Waals surface area contributed by atoms with Gasteiger partial charge in [0.1, 0.15) is 0 Å². The predicted octanol–water partition coefficient (Wildman–Crippen LogP) is 9.52. The first-order chi connectivity index (χ1) is 14.4. The van der Waals surface area contributed by atoms with Crippen molar-refractivity contribution in [3.05, 3.63) is 65.5 Å². The Balaban J connectivity index is 2.86. The van der Waals surface area contributed by atoms with Gasteiger partial charge in [-0.15, -0.1) is 0 Å². The molecule has 0 amide bonds. The van der Waals surface area contributed by atoms with Crippen LogP contribution in [0.5, 0.6) is 0 Å². The molecule has 0 radical (unpaired) electrons. The van der Waals surface area contributed by atoms with Gasteiger partial charge in [0, 0.05) is 0 Å². The van der Waals surface area contributed by atoms with E-state index in [1.807, 2.05) is 6.08 Å². The summed E-state index contributed by atoms with van der Waals surface area (Å²) < 4.78 is 0. The van der Waals surface area contributed by atoms with E-state index in [-0.39, 0.29) is 0 Å². The maximum absolute atomic E-state index is 4.45. The molecule has 0 nitrogen and oxygen atoms in total. The van der Waals surface area contributed by atoms with E-state index in [4.69, 9.17) is 0 Å². The molecule has 2 unspecified atom stereocenters. The summed E-state index contributed by atoms with van der Waals surface area (Å²) in [7, 11) is -1.40. The van der Waals surface area contributed by atoms with Crippen molar-refractivity contribution in [3.63, 3.8) is 0 Å². The fourth-order valence-corrected chi connectivity index (χ4v) is 8.55. The summed E-state index contributed by atoms with van der Waals surface area (Å²) in [6.07, 6.45) is 8.48. The molecule has 0 N–H and O–H groups in total. The number of rotatable bonds is 13. The van der Waals surface area contributed by atoms with Gasteiger partial charge >= 0.3 is 196 Å². The van der Waals surface area contributed by atoms with Gasteiger partial charge in [-0.3, -0.25) is 0 Å². The predicted molar refractivity (Wildman–Crippen MR) is 149 cm³/mol. The second-order valence-corrected chi connectivity index (χ2v) is 15.7. The molecule has 176 valence electrons. The van der Waals surface area contributed by atoms with Gasteiger partial charge in [-0.05, 0) is 0 Å². The molecule has 0 bridgehead atoms. The Hall–Kier alpha value is -1.13. The van der Waals surface area contributed by atoms with Gasteiger partial charge in [-0.2, -0.15) is 0 Å². The van der Waals surface area contributed by atoms with Crippen molar-refractivity contribution in [2.45, 2.75) is 74.7 Å². The molecular weight excluding hydrogens is 391 g/mol. The topological polar surface area (TPSA) is 0 Å². The van der Waals surface area contributed by atoms with Gasteiger partial charge in [-0.1, -0.05) is 0 Å². The molecule has 0 aliphatic rings. The Bertz CT molecular complexity index is 754. The first-order valence-electron chi connectivity index (χ1n) is 12.5. The number of allylic oxidation sites excluding steroid dienone is 3. The number of benzene rings is 1. The van der Waals surface area contributed by atoms with Crippen LogP contribution in [0.1, 0.15) is 77.5 Å². The summed E-state index contributed by atoms with van der Waals surface area (Å²) in [5.74, 6) is 5.60. The molecule has 0 saturated carbocycles. The van der Waals surface area contributed by atoms with Gasteiger partial charge in [0.2, 0.25) is 0 Å². The molecule has 1 aromatic carbocycles. The monoisotopic (exact) mass is 442 g/mol. The summed E-state index contributed by atoms with van der Waals surface area (Å²) >= 11 is 0. The van der Waals surface area contributed by atoms with Crippen LogP contribution >= 0.6 is 7.26 Å². The molecule has 1 heteroatoms. The van der Waals surface area contributed by atoms with Crippen LogP contribution in [-0.4, -0.2) is 19.0 Å². The molecule has 0 aliphatic carbocycles. The molecule has 0 aliphatic heterocycles. The van der Waals surface area contributed by atoms with Gasteiger partial charge in [0.25, 0.3) is 0 Å². The molecular formula is C30H51P. The Morgan fingerprint density at radius 1 is 1.10 bits per heavy atom. The molecule has 0 spiro atoms. The standard InChI is InChI=1S/C30H51P/c1-12-23(5)20-31(11,13-2)21-29(28(10)22(3)4)16-14-24(6)18-26(8)30-17-15-25(7)19-27(30)9/h12,15,17,19-20,22,24,28-29,31H,1,8,13-14,16,18,21H2,2-7,9-11H3/b23-20+/t24-,28?,29?/m0/s1. The van der Waals surface area contributed by atoms with E-state index >= 15 is 0 Å². The quantitative estimate of drug-likeness (QED) is 0.211. The van der Waals surface area contributed by atoms with E-state index in [9.17, 15) is 0 Å². The summed E-state index contributed by atoms with van der Waals surface area (Å²) in [4.78, 5) is 0. The van der Waals surface area contributed by atoms with Gasteiger partial charge in [-0.25, -0.2) is 0 Å². The summed E-state index contributed by atoms with van der Waals surface area (Å²) in [5.41, 5.74) is 6.70. The number of hydrogen-bond donors (Lipinski definition) is 0.